The van der Waals surface area contributed by atoms with Gasteiger partial charge in [0.15, 0.2) is 0 Å². The zero-order valence-corrected chi connectivity index (χ0v) is 31.6. The molecule has 56 heavy (non-hydrogen) atoms. The number of amides is 2. The molecule has 4 aromatic carbocycles. The number of ether oxygens (including phenoxy) is 2. The van der Waals surface area contributed by atoms with Gasteiger partial charge in [0, 0.05) is 38.0 Å². The van der Waals surface area contributed by atoms with Gasteiger partial charge in [-0.05, 0) is 97.2 Å². The van der Waals surface area contributed by atoms with Gasteiger partial charge in [-0.15, -0.1) is 0 Å². The summed E-state index contributed by atoms with van der Waals surface area (Å²) in [6.07, 6.45) is 6.36. The molecule has 0 radical (unpaired) electrons. The molecule has 3 fully saturated rings. The van der Waals surface area contributed by atoms with Crippen LogP contribution in [-0.4, -0.2) is 55.8 Å². The Hall–Kier alpha value is -5.64. The normalized spacial score (nSPS) is 20.9. The van der Waals surface area contributed by atoms with E-state index in [2.05, 4.69) is 0 Å². The molecule has 0 bridgehead atoms. The number of carbonyl (C=O) groups is 4. The first kappa shape index (κ1) is 38.6. The summed E-state index contributed by atoms with van der Waals surface area (Å²) in [4.78, 5) is 58.3. The molecular formula is C46H50N2O8. The fraction of sp³-hybridized carbons (Fsp3) is 0.391. The highest BCUT2D eigenvalue weighted by Gasteiger charge is 2.60. The molecule has 0 spiro atoms. The third-order valence-corrected chi connectivity index (χ3v) is 11.9. The molecule has 10 heteroatoms. The Kier molecular flexibility index (Phi) is 12.3. The summed E-state index contributed by atoms with van der Waals surface area (Å²) in [5.74, 6) is -3.46. The quantitative estimate of drug-likeness (QED) is 0.116. The first-order chi connectivity index (χ1) is 27.2. The van der Waals surface area contributed by atoms with E-state index in [0.717, 1.165) is 62.5 Å². The van der Waals surface area contributed by atoms with E-state index in [1.165, 1.54) is 0 Å². The van der Waals surface area contributed by atoms with Crippen LogP contribution >= 0.6 is 0 Å². The zero-order valence-electron chi connectivity index (χ0n) is 31.6. The molecular weight excluding hydrogens is 709 g/mol. The average Bonchev–Trinajstić information content (AvgIpc) is 3.94. The van der Waals surface area contributed by atoms with Crippen molar-refractivity contribution < 1.29 is 38.9 Å². The molecule has 3 aliphatic carbocycles. The number of aliphatic carboxylic acids is 2. The van der Waals surface area contributed by atoms with E-state index in [1.807, 2.05) is 119 Å². The first-order valence-corrected chi connectivity index (χ1v) is 19.9. The fourth-order valence-corrected chi connectivity index (χ4v) is 9.11. The first-order valence-electron chi connectivity index (χ1n) is 19.9. The van der Waals surface area contributed by atoms with Crippen molar-refractivity contribution in [2.24, 2.45) is 23.7 Å². The molecule has 0 saturated heterocycles. The Balaban J connectivity index is 1.16. The van der Waals surface area contributed by atoms with E-state index in [0.29, 0.717) is 36.1 Å². The Morgan fingerprint density at radius 2 is 0.804 bits per heavy atom. The second-order valence-corrected chi connectivity index (χ2v) is 15.5. The van der Waals surface area contributed by atoms with Crippen LogP contribution in [0.2, 0.25) is 0 Å². The number of carboxylic acids is 2. The van der Waals surface area contributed by atoms with Gasteiger partial charge in [0.2, 0.25) is 11.8 Å². The number of carboxylic acid groups (broad SMARTS) is 2. The van der Waals surface area contributed by atoms with Crippen LogP contribution in [-0.2, 0) is 32.3 Å². The smallest absolute Gasteiger partial charge is 0.303 e. The van der Waals surface area contributed by atoms with Crippen LogP contribution in [0.15, 0.2) is 109 Å². The number of rotatable bonds is 16. The standard InChI is InChI=1S/C46H50N2O8/c49-41(50)27-39-40(28-42(51)52)44(46(54)48(34-13-9-10-14-34)30-32-21-25-38(26-22-32)56-36-17-5-2-6-18-36)43(39)45(53)47(33-11-7-8-12-33)29-31-19-23-37(24-20-31)55-35-15-3-1-4-16-35/h1-6,15-26,33-34,39-40,43-44H,7-14,27-30H2,(H,49,50)(H,51,52). The molecule has 2 amide bonds. The number of para-hydroxylation sites is 2. The highest BCUT2D eigenvalue weighted by atomic mass is 16.5. The van der Waals surface area contributed by atoms with Crippen LogP contribution < -0.4 is 9.47 Å². The highest BCUT2D eigenvalue weighted by Crippen LogP contribution is 2.53. The molecule has 292 valence electrons. The number of carbonyl (C=O) groups excluding carboxylic acids is 2. The Labute approximate surface area is 328 Å². The van der Waals surface area contributed by atoms with E-state index < -0.39 is 35.6 Å². The molecule has 10 nitrogen and oxygen atoms in total. The van der Waals surface area contributed by atoms with Gasteiger partial charge in [0.05, 0.1) is 11.8 Å². The van der Waals surface area contributed by atoms with Gasteiger partial charge >= 0.3 is 11.9 Å². The van der Waals surface area contributed by atoms with Gasteiger partial charge in [-0.1, -0.05) is 86.3 Å². The fourth-order valence-electron chi connectivity index (χ4n) is 9.11. The Morgan fingerprint density at radius 1 is 0.482 bits per heavy atom. The van der Waals surface area contributed by atoms with Crippen molar-refractivity contribution in [2.75, 3.05) is 0 Å². The van der Waals surface area contributed by atoms with Crippen molar-refractivity contribution in [3.8, 4) is 23.0 Å². The summed E-state index contributed by atoms with van der Waals surface area (Å²) in [5.41, 5.74) is 1.77. The second-order valence-electron chi connectivity index (χ2n) is 15.5. The van der Waals surface area contributed by atoms with Gasteiger partial charge in [-0.3, -0.25) is 19.2 Å². The Bertz CT molecular complexity index is 1800. The van der Waals surface area contributed by atoms with Crippen LogP contribution in [0.1, 0.15) is 75.3 Å². The van der Waals surface area contributed by atoms with E-state index in [9.17, 15) is 19.8 Å². The second kappa shape index (κ2) is 17.9. The van der Waals surface area contributed by atoms with E-state index >= 15 is 9.59 Å². The van der Waals surface area contributed by atoms with Gasteiger partial charge < -0.3 is 29.5 Å². The lowest BCUT2D eigenvalue weighted by atomic mass is 9.53. The maximum absolute atomic E-state index is 15.0. The highest BCUT2D eigenvalue weighted by molar-refractivity contribution is 5.92. The van der Waals surface area contributed by atoms with Gasteiger partial charge in [0.25, 0.3) is 0 Å². The molecule has 2 N–H and O–H groups in total. The summed E-state index contributed by atoms with van der Waals surface area (Å²) < 4.78 is 12.0. The van der Waals surface area contributed by atoms with Crippen molar-refractivity contribution >= 4 is 23.8 Å². The zero-order chi connectivity index (χ0) is 39.0. The topological polar surface area (TPSA) is 134 Å². The molecule has 4 atom stereocenters. The molecule has 0 heterocycles. The maximum atomic E-state index is 15.0. The van der Waals surface area contributed by atoms with Gasteiger partial charge in [-0.25, -0.2) is 0 Å². The SMILES string of the molecule is O=C(O)CC1C(CC(=O)O)C(C(=O)N(Cc2ccc(Oc3ccccc3)cc2)C2CCCC2)C1C(=O)N(Cc1ccc(Oc2ccccc2)cc1)C1CCCC1. The van der Waals surface area contributed by atoms with Crippen LogP contribution in [0.5, 0.6) is 23.0 Å². The van der Waals surface area contributed by atoms with E-state index in [-0.39, 0.29) is 36.7 Å². The largest absolute Gasteiger partial charge is 0.481 e. The van der Waals surface area contributed by atoms with Gasteiger partial charge in [0.1, 0.15) is 23.0 Å². The summed E-state index contributed by atoms with van der Waals surface area (Å²) in [7, 11) is 0. The van der Waals surface area contributed by atoms with Crippen LogP contribution in [0.4, 0.5) is 0 Å². The minimum atomic E-state index is -1.11. The number of benzene rings is 4. The van der Waals surface area contributed by atoms with Crippen molar-refractivity contribution in [1.29, 1.82) is 0 Å². The number of nitrogens with zero attached hydrogens (tertiary/aromatic N) is 2. The third-order valence-electron chi connectivity index (χ3n) is 11.9. The predicted octanol–water partition coefficient (Wildman–Crippen LogP) is 8.94. The van der Waals surface area contributed by atoms with Gasteiger partial charge in [-0.2, -0.15) is 0 Å². The van der Waals surface area contributed by atoms with Crippen molar-refractivity contribution in [1.82, 2.24) is 9.80 Å². The molecule has 0 aromatic heterocycles. The molecule has 4 aromatic rings. The summed E-state index contributed by atoms with van der Waals surface area (Å²) in [6, 6.07) is 34.0. The minimum absolute atomic E-state index is 0.0648. The van der Waals surface area contributed by atoms with Crippen LogP contribution in [0, 0.1) is 23.7 Å². The Morgan fingerprint density at radius 3 is 1.12 bits per heavy atom. The minimum Gasteiger partial charge on any atom is -0.481 e. The molecule has 0 aliphatic heterocycles. The van der Waals surface area contributed by atoms with Crippen molar-refractivity contribution in [3.63, 3.8) is 0 Å². The molecule has 3 aliphatic rings. The third kappa shape index (κ3) is 9.24. The molecule has 7 rings (SSSR count). The predicted molar refractivity (Wildman–Crippen MR) is 210 cm³/mol. The average molecular weight is 759 g/mol. The summed E-state index contributed by atoms with van der Waals surface area (Å²) in [6.45, 7) is 0.583. The maximum Gasteiger partial charge on any atom is 0.303 e. The molecule has 4 unspecified atom stereocenters. The van der Waals surface area contributed by atoms with Crippen molar-refractivity contribution in [3.05, 3.63) is 120 Å². The molecule has 3 saturated carbocycles. The summed E-state index contributed by atoms with van der Waals surface area (Å²) in [5, 5.41) is 20.1. The summed E-state index contributed by atoms with van der Waals surface area (Å²) >= 11 is 0. The van der Waals surface area contributed by atoms with E-state index in [4.69, 9.17) is 9.47 Å². The number of hydrogen-bond acceptors (Lipinski definition) is 6. The van der Waals surface area contributed by atoms with Crippen molar-refractivity contribution in [2.45, 2.75) is 89.4 Å². The lowest BCUT2D eigenvalue weighted by Crippen LogP contribution is -2.62. The van der Waals surface area contributed by atoms with Crippen LogP contribution in [0.3, 0.4) is 0 Å². The number of hydrogen-bond donors (Lipinski definition) is 2. The lowest BCUT2D eigenvalue weighted by Gasteiger charge is -2.53. The van der Waals surface area contributed by atoms with Crippen LogP contribution in [0.25, 0.3) is 0 Å². The van der Waals surface area contributed by atoms with E-state index in [1.54, 1.807) is 0 Å². The monoisotopic (exact) mass is 758 g/mol. The lowest BCUT2D eigenvalue weighted by molar-refractivity contribution is -0.176.